The molecule has 1 aromatic carbocycles. The molecule has 4 fully saturated rings. The molecule has 49 heavy (non-hydrogen) atoms. The van der Waals surface area contributed by atoms with Gasteiger partial charge in [0.25, 0.3) is 0 Å². The lowest BCUT2D eigenvalue weighted by Gasteiger charge is -2.35. The van der Waals surface area contributed by atoms with E-state index < -0.39 is 23.3 Å². The van der Waals surface area contributed by atoms with Crippen molar-refractivity contribution in [3.8, 4) is 29.3 Å². The first-order chi connectivity index (χ1) is 23.7. The van der Waals surface area contributed by atoms with Gasteiger partial charge in [-0.15, -0.1) is 0 Å². The summed E-state index contributed by atoms with van der Waals surface area (Å²) in [5.74, 6) is -2.73. The van der Waals surface area contributed by atoms with E-state index in [1.807, 2.05) is 11.0 Å². The van der Waals surface area contributed by atoms with E-state index in [2.05, 4.69) is 16.3 Å². The fourth-order valence-corrected chi connectivity index (χ4v) is 7.87. The van der Waals surface area contributed by atoms with Gasteiger partial charge in [-0.1, -0.05) is 0 Å². The number of alkyl halides is 1. The highest BCUT2D eigenvalue weighted by Gasteiger charge is 2.49. The third-order valence-electron chi connectivity index (χ3n) is 10.3. The zero-order chi connectivity index (χ0) is 34.0. The average Bonchev–Trinajstić information content (AvgIpc) is 3.69. The maximum absolute atomic E-state index is 16.1. The Hall–Kier alpha value is -4.90. The molecular weight excluding hydrogens is 641 g/mol. The number of hydrogen-bond donors (Lipinski definition) is 3. The maximum atomic E-state index is 16.1. The Bertz CT molecular complexity index is 2080. The molecule has 254 valence electrons. The number of rotatable bonds is 7. The van der Waals surface area contributed by atoms with Gasteiger partial charge in [-0.25, -0.2) is 18.2 Å². The predicted octanol–water partition coefficient (Wildman–Crippen LogP) is 3.51. The van der Waals surface area contributed by atoms with Crippen LogP contribution in [-0.4, -0.2) is 90.1 Å². The Morgan fingerprint density at radius 1 is 1.10 bits per heavy atom. The van der Waals surface area contributed by atoms with Gasteiger partial charge in [0.15, 0.2) is 17.5 Å². The number of pyridine rings is 1. The van der Waals surface area contributed by atoms with E-state index in [-0.39, 0.29) is 89.0 Å². The normalized spacial score (nSPS) is 24.2. The minimum absolute atomic E-state index is 0.0318. The number of benzene rings is 1. The van der Waals surface area contributed by atoms with Crippen molar-refractivity contribution in [1.29, 1.82) is 10.5 Å². The van der Waals surface area contributed by atoms with Crippen LogP contribution in [0.3, 0.4) is 0 Å². The minimum atomic E-state index is -1.26. The van der Waals surface area contributed by atoms with Gasteiger partial charge in [-0.2, -0.15) is 20.5 Å². The number of piperazine rings is 1. The highest BCUT2D eigenvalue weighted by atomic mass is 19.2. The second kappa shape index (κ2) is 11.9. The van der Waals surface area contributed by atoms with Crippen LogP contribution < -0.4 is 26.4 Å². The smallest absolute Gasteiger partial charge is 0.319 e. The summed E-state index contributed by atoms with van der Waals surface area (Å²) < 4.78 is 63.1. The van der Waals surface area contributed by atoms with Gasteiger partial charge in [0.2, 0.25) is 5.88 Å². The van der Waals surface area contributed by atoms with Gasteiger partial charge < -0.3 is 35.6 Å². The van der Waals surface area contributed by atoms with Gasteiger partial charge in [-0.05, 0) is 19.4 Å². The van der Waals surface area contributed by atoms with Crippen LogP contribution >= 0.6 is 0 Å². The molecule has 0 spiro atoms. The number of nitriles is 2. The molecule has 7 heterocycles. The molecule has 0 radical (unpaired) electrons. The van der Waals surface area contributed by atoms with Crippen molar-refractivity contribution in [3.63, 3.8) is 0 Å². The van der Waals surface area contributed by atoms with Crippen molar-refractivity contribution in [3.05, 3.63) is 29.0 Å². The summed E-state index contributed by atoms with van der Waals surface area (Å²) in [5.41, 5.74) is 12.5. The van der Waals surface area contributed by atoms with E-state index in [0.717, 1.165) is 25.5 Å². The summed E-state index contributed by atoms with van der Waals surface area (Å²) in [6.07, 6.45) is 1.34. The van der Waals surface area contributed by atoms with Gasteiger partial charge in [0.1, 0.15) is 41.0 Å². The molecule has 4 aliphatic heterocycles. The Labute approximate surface area is 278 Å². The molecule has 13 nitrogen and oxygen atoms in total. The van der Waals surface area contributed by atoms with E-state index in [4.69, 9.17) is 40.3 Å². The monoisotopic (exact) mass is 674 g/mol. The third-order valence-corrected chi connectivity index (χ3v) is 10.3. The Kier molecular flexibility index (Phi) is 7.62. The van der Waals surface area contributed by atoms with Crippen LogP contribution in [0.25, 0.3) is 33.1 Å². The predicted molar refractivity (Wildman–Crippen MR) is 172 cm³/mol. The Balaban J connectivity index is 1.35. The second-order valence-electron chi connectivity index (χ2n) is 13.2. The fraction of sp³-hybridized carbons (Fsp3) is 0.485. The van der Waals surface area contributed by atoms with Crippen LogP contribution in [0.5, 0.6) is 6.01 Å². The van der Waals surface area contributed by atoms with Crippen molar-refractivity contribution in [2.24, 2.45) is 0 Å². The standard InChI is InChI=1S/C33H33F3N10O3/c34-17-9-33(3-1-6-46(33)11-17)15-48-32-43-28-26(39)24(23-22-19(10-38)30(40)49-21(22)8-20(35)25(23)36)27(16-13-47-14-16)42-29(28)31(44-32)45-7-5-41-18(12-45)2-4-37/h8,16-18,41H,1-3,5-7,9,11-15,40H2,(H2,39,42)/t17-,18+,33?/m1/s1. The van der Waals surface area contributed by atoms with Crippen LogP contribution in [0.4, 0.5) is 30.6 Å². The Morgan fingerprint density at radius 2 is 1.94 bits per heavy atom. The molecule has 8 rings (SSSR count). The van der Waals surface area contributed by atoms with Crippen LogP contribution in [0.1, 0.15) is 42.9 Å². The van der Waals surface area contributed by atoms with Gasteiger partial charge in [-0.3, -0.25) is 4.90 Å². The van der Waals surface area contributed by atoms with Crippen LogP contribution in [-0.2, 0) is 4.74 Å². The zero-order valence-corrected chi connectivity index (χ0v) is 26.4. The summed E-state index contributed by atoms with van der Waals surface area (Å²) >= 11 is 0. The van der Waals surface area contributed by atoms with E-state index in [1.54, 1.807) is 0 Å². The molecule has 4 aliphatic rings. The number of halogens is 3. The molecule has 4 aromatic rings. The number of nitrogens with one attached hydrogen (secondary N) is 1. The number of furan rings is 1. The topological polar surface area (TPSA) is 188 Å². The number of hydrogen-bond acceptors (Lipinski definition) is 13. The summed E-state index contributed by atoms with van der Waals surface area (Å²) in [5, 5.41) is 22.7. The molecule has 0 amide bonds. The van der Waals surface area contributed by atoms with Gasteiger partial charge >= 0.3 is 6.01 Å². The molecular formula is C33H33F3N10O3. The first-order valence-electron chi connectivity index (χ1n) is 16.3. The first-order valence-corrected chi connectivity index (χ1v) is 16.3. The molecule has 3 atom stereocenters. The highest BCUT2D eigenvalue weighted by molar-refractivity contribution is 6.08. The average molecular weight is 675 g/mol. The summed E-state index contributed by atoms with van der Waals surface area (Å²) in [4.78, 5) is 18.6. The quantitative estimate of drug-likeness (QED) is 0.259. The van der Waals surface area contributed by atoms with Gasteiger partial charge in [0.05, 0.1) is 48.0 Å². The summed E-state index contributed by atoms with van der Waals surface area (Å²) in [6, 6.07) is 4.81. The summed E-state index contributed by atoms with van der Waals surface area (Å²) in [7, 11) is 0. The molecule has 0 bridgehead atoms. The number of nitrogen functional groups attached to an aromatic ring is 2. The number of ether oxygens (including phenoxy) is 2. The van der Waals surface area contributed by atoms with Crippen molar-refractivity contribution >= 4 is 39.4 Å². The number of nitrogens with zero attached hydrogens (tertiary/aromatic N) is 7. The van der Waals surface area contributed by atoms with Crippen LogP contribution in [0.15, 0.2) is 10.5 Å². The van der Waals surface area contributed by atoms with E-state index in [9.17, 15) is 14.9 Å². The first kappa shape index (κ1) is 31.4. The SMILES string of the molecule is N#CC[C@H]1CN(c2nc(OCC34CCCN3C[C@H](F)C4)nc3c(N)c(-c4c(F)c(F)cc5oc(N)c(C#N)c45)c(C4COC4)nc23)CCN1. The lowest BCUT2D eigenvalue weighted by Crippen LogP contribution is -2.51. The van der Waals surface area contributed by atoms with Crippen molar-refractivity contribution < 1.29 is 27.1 Å². The molecule has 3 aromatic heterocycles. The fourth-order valence-electron chi connectivity index (χ4n) is 7.87. The molecule has 4 saturated heterocycles. The van der Waals surface area contributed by atoms with Crippen LogP contribution in [0.2, 0.25) is 0 Å². The molecule has 0 aliphatic carbocycles. The number of anilines is 3. The van der Waals surface area contributed by atoms with Crippen molar-refractivity contribution in [1.82, 2.24) is 25.2 Å². The molecule has 5 N–H and O–H groups in total. The lowest BCUT2D eigenvalue weighted by molar-refractivity contribution is 0.00709. The second-order valence-corrected chi connectivity index (χ2v) is 13.2. The largest absolute Gasteiger partial charge is 0.461 e. The van der Waals surface area contributed by atoms with E-state index in [0.29, 0.717) is 49.6 Å². The number of nitrogens with two attached hydrogens (primary N) is 2. The number of aromatic nitrogens is 3. The number of fused-ring (bicyclic) bond motifs is 3. The Morgan fingerprint density at radius 3 is 2.69 bits per heavy atom. The molecule has 1 unspecified atom stereocenters. The lowest BCUT2D eigenvalue weighted by atomic mass is 9.89. The van der Waals surface area contributed by atoms with Crippen LogP contribution in [0, 0.1) is 34.3 Å². The third kappa shape index (κ3) is 5.05. The van der Waals surface area contributed by atoms with Crippen molar-refractivity contribution in [2.75, 3.05) is 68.9 Å². The van der Waals surface area contributed by atoms with Gasteiger partial charge in [0, 0.05) is 61.8 Å². The summed E-state index contributed by atoms with van der Waals surface area (Å²) in [6.45, 7) is 3.25. The highest BCUT2D eigenvalue weighted by Crippen LogP contribution is 2.47. The molecule has 0 saturated carbocycles. The minimum Gasteiger partial charge on any atom is -0.461 e. The van der Waals surface area contributed by atoms with Crippen molar-refractivity contribution in [2.45, 2.75) is 49.4 Å². The maximum Gasteiger partial charge on any atom is 0.319 e. The molecule has 16 heteroatoms. The van der Waals surface area contributed by atoms with E-state index in [1.165, 1.54) is 0 Å². The zero-order valence-electron chi connectivity index (χ0n) is 26.4. The van der Waals surface area contributed by atoms with E-state index >= 15 is 8.78 Å².